The van der Waals surface area contributed by atoms with Gasteiger partial charge in [-0.15, -0.1) is 10.2 Å². The largest absolute Gasteiger partial charge is 0.460 e. The van der Waals surface area contributed by atoms with E-state index in [1.165, 1.54) is 0 Å². The van der Waals surface area contributed by atoms with Crippen molar-refractivity contribution in [3.8, 4) is 22.5 Å². The number of nitrogens with zero attached hydrogens (tertiary/aromatic N) is 4. The van der Waals surface area contributed by atoms with Crippen LogP contribution in [-0.4, -0.2) is 44.8 Å². The van der Waals surface area contributed by atoms with E-state index in [1.54, 1.807) is 12.2 Å². The highest BCUT2D eigenvalue weighted by Crippen LogP contribution is 2.30. The van der Waals surface area contributed by atoms with Crippen molar-refractivity contribution in [3.05, 3.63) is 90.0 Å². The fourth-order valence-corrected chi connectivity index (χ4v) is 3.99. The minimum absolute atomic E-state index is 0.000617. The predicted octanol–water partition coefficient (Wildman–Crippen LogP) is 4.67. The summed E-state index contributed by atoms with van der Waals surface area (Å²) in [4.78, 5) is 18.6. The van der Waals surface area contributed by atoms with Crippen molar-refractivity contribution in [3.63, 3.8) is 0 Å². The number of aromatic nitrogens is 4. The highest BCUT2D eigenvalue weighted by molar-refractivity contribution is 5.80. The lowest BCUT2D eigenvalue weighted by Crippen LogP contribution is -2.44. The molecule has 35 heavy (non-hydrogen) atoms. The van der Waals surface area contributed by atoms with Crippen molar-refractivity contribution in [2.75, 3.05) is 7.11 Å². The number of aromatic amines is 1. The van der Waals surface area contributed by atoms with Gasteiger partial charge in [0.15, 0.2) is 0 Å². The highest BCUT2D eigenvalue weighted by atomic mass is 16.7. The maximum atomic E-state index is 13.0. The molecule has 4 rings (SSSR count). The molecule has 8 heteroatoms. The average Bonchev–Trinajstić information content (AvgIpc) is 3.43. The number of carbonyl (C=O) groups excluding carboxylic acids is 1. The predicted molar refractivity (Wildman–Crippen MR) is 132 cm³/mol. The monoisotopic (exact) mass is 471 g/mol. The fourth-order valence-electron chi connectivity index (χ4n) is 3.99. The number of H-pyrrole nitrogens is 1. The zero-order valence-corrected chi connectivity index (χ0v) is 20.1. The van der Waals surface area contributed by atoms with E-state index in [9.17, 15) is 4.79 Å². The maximum absolute atomic E-state index is 13.0. The number of hydrogen-bond acceptors (Lipinski definition) is 7. The Labute approximate surface area is 204 Å². The van der Waals surface area contributed by atoms with Crippen LogP contribution in [0.4, 0.5) is 0 Å². The van der Waals surface area contributed by atoms with Crippen LogP contribution in [0.3, 0.4) is 0 Å². The molecule has 0 aliphatic carbocycles. The summed E-state index contributed by atoms with van der Waals surface area (Å²) in [5, 5.41) is 16.1. The number of benzene rings is 3. The van der Waals surface area contributed by atoms with Gasteiger partial charge in [-0.05, 0) is 33.4 Å². The molecule has 0 unspecified atom stereocenters. The van der Waals surface area contributed by atoms with E-state index in [-0.39, 0.29) is 18.5 Å². The number of tetrazole rings is 1. The normalized spacial score (nSPS) is 12.1. The first-order chi connectivity index (χ1) is 17.1. The molecule has 0 saturated carbocycles. The minimum Gasteiger partial charge on any atom is -0.460 e. The Kier molecular flexibility index (Phi) is 7.97. The van der Waals surface area contributed by atoms with Gasteiger partial charge in [0.1, 0.15) is 12.6 Å². The van der Waals surface area contributed by atoms with Gasteiger partial charge in [-0.2, -0.15) is 10.3 Å². The van der Waals surface area contributed by atoms with Gasteiger partial charge >= 0.3 is 5.97 Å². The minimum atomic E-state index is -0.539. The third-order valence-corrected chi connectivity index (χ3v) is 5.76. The molecular weight excluding hydrogens is 442 g/mol. The van der Waals surface area contributed by atoms with Gasteiger partial charge < -0.3 is 9.57 Å². The SMILES string of the molecule is CON(Cc1ccc(-c2ccccc2-c2nn[nH]n2)cc1)[C@H](C(=O)OCc1ccccc1)C(C)C. The molecule has 0 aliphatic rings. The topological polar surface area (TPSA) is 93.2 Å². The van der Waals surface area contributed by atoms with Gasteiger partial charge in [-0.1, -0.05) is 92.7 Å². The van der Waals surface area contributed by atoms with Crippen LogP contribution in [0.5, 0.6) is 0 Å². The highest BCUT2D eigenvalue weighted by Gasteiger charge is 2.31. The Morgan fingerprint density at radius 2 is 1.60 bits per heavy atom. The fraction of sp³-hybridized carbons (Fsp3) is 0.259. The molecule has 0 amide bonds. The van der Waals surface area contributed by atoms with Crippen LogP contribution >= 0.6 is 0 Å². The van der Waals surface area contributed by atoms with Crippen molar-refractivity contribution in [1.29, 1.82) is 0 Å². The Morgan fingerprint density at radius 1 is 0.914 bits per heavy atom. The van der Waals surface area contributed by atoms with Gasteiger partial charge in [0.25, 0.3) is 0 Å². The zero-order valence-electron chi connectivity index (χ0n) is 20.1. The summed E-state index contributed by atoms with van der Waals surface area (Å²) in [6.45, 7) is 4.64. The Balaban J connectivity index is 1.48. The van der Waals surface area contributed by atoms with E-state index >= 15 is 0 Å². The summed E-state index contributed by atoms with van der Waals surface area (Å²) in [5.74, 6) is 0.236. The summed E-state index contributed by atoms with van der Waals surface area (Å²) in [7, 11) is 1.58. The van der Waals surface area contributed by atoms with E-state index in [0.29, 0.717) is 12.4 Å². The second-order valence-corrected chi connectivity index (χ2v) is 8.52. The van der Waals surface area contributed by atoms with Crippen LogP contribution < -0.4 is 0 Å². The third kappa shape index (κ3) is 5.98. The summed E-state index contributed by atoms with van der Waals surface area (Å²) in [6, 6.07) is 25.2. The number of esters is 1. The smallest absolute Gasteiger partial charge is 0.326 e. The Bertz CT molecular complexity index is 1210. The van der Waals surface area contributed by atoms with Gasteiger partial charge in [-0.3, -0.25) is 4.79 Å². The number of rotatable bonds is 10. The van der Waals surface area contributed by atoms with Crippen LogP contribution in [-0.2, 0) is 27.5 Å². The first-order valence-corrected chi connectivity index (χ1v) is 11.5. The summed E-state index contributed by atoms with van der Waals surface area (Å²) < 4.78 is 5.62. The number of carbonyl (C=O) groups is 1. The number of hydroxylamine groups is 2. The standard InChI is InChI=1S/C27H29N5O3/c1-19(2)25(27(33)35-18-21-9-5-4-6-10-21)32(34-3)17-20-13-15-22(16-14-20)23-11-7-8-12-24(23)26-28-30-31-29-26/h4-16,19,25H,17-18H2,1-3H3,(H,28,29,30,31)/t25-/m0/s1. The maximum Gasteiger partial charge on any atom is 0.326 e. The van der Waals surface area contributed by atoms with Crippen molar-refractivity contribution in [2.24, 2.45) is 5.92 Å². The Morgan fingerprint density at radius 3 is 2.23 bits per heavy atom. The molecule has 0 spiro atoms. The van der Waals surface area contributed by atoms with Crippen molar-refractivity contribution >= 4 is 5.97 Å². The molecule has 0 aliphatic heterocycles. The first-order valence-electron chi connectivity index (χ1n) is 11.5. The molecule has 4 aromatic rings. The van der Waals surface area contributed by atoms with E-state index in [0.717, 1.165) is 27.8 Å². The van der Waals surface area contributed by atoms with Crippen LogP contribution in [0.25, 0.3) is 22.5 Å². The molecule has 0 fully saturated rings. The third-order valence-electron chi connectivity index (χ3n) is 5.76. The summed E-state index contributed by atoms with van der Waals surface area (Å²) in [6.07, 6.45) is 0. The molecule has 0 bridgehead atoms. The molecular formula is C27H29N5O3. The first kappa shape index (κ1) is 24.3. The summed E-state index contributed by atoms with van der Waals surface area (Å²) >= 11 is 0. The molecule has 1 aromatic heterocycles. The molecule has 0 saturated heterocycles. The van der Waals surface area contributed by atoms with Crippen LogP contribution in [0.2, 0.25) is 0 Å². The van der Waals surface area contributed by atoms with E-state index in [4.69, 9.17) is 9.57 Å². The van der Waals surface area contributed by atoms with Crippen molar-refractivity contribution in [2.45, 2.75) is 33.0 Å². The number of nitrogens with one attached hydrogen (secondary N) is 1. The van der Waals surface area contributed by atoms with Gasteiger partial charge in [0.05, 0.1) is 13.7 Å². The molecule has 1 heterocycles. The quantitative estimate of drug-likeness (QED) is 0.265. The van der Waals surface area contributed by atoms with E-state index in [1.807, 2.05) is 92.7 Å². The average molecular weight is 472 g/mol. The lowest BCUT2D eigenvalue weighted by atomic mass is 9.98. The molecule has 0 radical (unpaired) electrons. The van der Waals surface area contributed by atoms with Crippen LogP contribution in [0, 0.1) is 5.92 Å². The number of hydrogen-bond donors (Lipinski definition) is 1. The van der Waals surface area contributed by atoms with E-state index < -0.39 is 6.04 Å². The lowest BCUT2D eigenvalue weighted by Gasteiger charge is -2.30. The van der Waals surface area contributed by atoms with E-state index in [2.05, 4.69) is 20.6 Å². The second kappa shape index (κ2) is 11.5. The summed E-state index contributed by atoms with van der Waals surface area (Å²) in [5.41, 5.74) is 4.89. The van der Waals surface area contributed by atoms with Crippen molar-refractivity contribution in [1.82, 2.24) is 25.7 Å². The zero-order chi connectivity index (χ0) is 24.6. The van der Waals surface area contributed by atoms with Gasteiger partial charge in [0, 0.05) is 5.56 Å². The molecule has 180 valence electrons. The molecule has 8 nitrogen and oxygen atoms in total. The van der Waals surface area contributed by atoms with Crippen molar-refractivity contribution < 1.29 is 14.4 Å². The molecule has 1 atom stereocenters. The van der Waals surface area contributed by atoms with Gasteiger partial charge in [0.2, 0.25) is 5.82 Å². The molecule has 3 aromatic carbocycles. The lowest BCUT2D eigenvalue weighted by molar-refractivity contribution is -0.200. The van der Waals surface area contributed by atoms with Gasteiger partial charge in [-0.25, -0.2) is 0 Å². The second-order valence-electron chi connectivity index (χ2n) is 8.52. The Hall–Kier alpha value is -3.88. The van der Waals surface area contributed by atoms with Crippen LogP contribution in [0.15, 0.2) is 78.9 Å². The van der Waals surface area contributed by atoms with Crippen LogP contribution in [0.1, 0.15) is 25.0 Å². The molecule has 1 N–H and O–H groups in total. The number of ether oxygens (including phenoxy) is 1.